The van der Waals surface area contributed by atoms with Crippen LogP contribution in [0.25, 0.3) is 5.65 Å². The fourth-order valence-electron chi connectivity index (χ4n) is 1.48. The number of nitrogen functional groups attached to an aromatic ring is 1. The summed E-state index contributed by atoms with van der Waals surface area (Å²) < 4.78 is 6.34. The number of imidazole rings is 1. The molecule has 0 spiro atoms. The monoisotopic (exact) mass is 205 g/mol. The maximum atomic E-state index is 11.3. The summed E-state index contributed by atoms with van der Waals surface area (Å²) in [6.45, 7) is 1.87. The number of methoxy groups -OCH3 is 1. The summed E-state index contributed by atoms with van der Waals surface area (Å²) in [4.78, 5) is 15.5. The number of nitrogens with zero attached hydrogens (tertiary/aromatic N) is 2. The van der Waals surface area contributed by atoms with Crippen molar-refractivity contribution in [3.63, 3.8) is 0 Å². The van der Waals surface area contributed by atoms with E-state index in [2.05, 4.69) is 9.72 Å². The van der Waals surface area contributed by atoms with Crippen molar-refractivity contribution in [3.8, 4) is 0 Å². The maximum Gasteiger partial charge on any atom is 0.339 e. The molecule has 0 bridgehead atoms. The number of rotatable bonds is 1. The Hall–Kier alpha value is -2.04. The number of carbonyl (C=O) groups is 1. The molecule has 2 rings (SSSR count). The number of aryl methyl sites for hydroxylation is 1. The molecule has 5 heteroatoms. The van der Waals surface area contributed by atoms with Crippen molar-refractivity contribution < 1.29 is 9.53 Å². The third kappa shape index (κ3) is 1.52. The zero-order chi connectivity index (χ0) is 11.0. The first kappa shape index (κ1) is 9.51. The quantitative estimate of drug-likeness (QED) is 0.705. The molecule has 2 heterocycles. The predicted molar refractivity (Wildman–Crippen MR) is 55.7 cm³/mol. The van der Waals surface area contributed by atoms with Crippen molar-refractivity contribution in [3.05, 3.63) is 29.7 Å². The number of hydrogen-bond acceptors (Lipinski definition) is 4. The van der Waals surface area contributed by atoms with E-state index in [1.54, 1.807) is 22.9 Å². The largest absolute Gasteiger partial charge is 0.465 e. The molecule has 0 fully saturated rings. The SMILES string of the molecule is COC(=O)c1cc(N)c2nc(C)cn2c1. The van der Waals surface area contributed by atoms with Crippen LogP contribution in [0.4, 0.5) is 5.69 Å². The summed E-state index contributed by atoms with van der Waals surface area (Å²) in [5.41, 5.74) is 8.16. The molecule has 0 atom stereocenters. The minimum atomic E-state index is -0.407. The molecular formula is C10H11N3O2. The normalized spacial score (nSPS) is 10.5. The van der Waals surface area contributed by atoms with Crippen molar-refractivity contribution in [2.45, 2.75) is 6.92 Å². The third-order valence-electron chi connectivity index (χ3n) is 2.12. The minimum absolute atomic E-state index is 0.407. The van der Waals surface area contributed by atoms with Gasteiger partial charge in [-0.2, -0.15) is 0 Å². The standard InChI is InChI=1S/C10H11N3O2/c1-6-4-13-5-7(10(14)15-2)3-8(11)9(13)12-6/h3-5H,11H2,1-2H3. The highest BCUT2D eigenvalue weighted by atomic mass is 16.5. The van der Waals surface area contributed by atoms with E-state index in [4.69, 9.17) is 5.73 Å². The number of ether oxygens (including phenoxy) is 1. The Morgan fingerprint density at radius 3 is 2.93 bits per heavy atom. The molecule has 15 heavy (non-hydrogen) atoms. The summed E-state index contributed by atoms with van der Waals surface area (Å²) in [5, 5.41) is 0. The fourth-order valence-corrected chi connectivity index (χ4v) is 1.48. The Morgan fingerprint density at radius 2 is 2.27 bits per heavy atom. The molecular weight excluding hydrogens is 194 g/mol. The molecule has 2 aromatic heterocycles. The number of carbonyl (C=O) groups excluding carboxylic acids is 1. The van der Waals surface area contributed by atoms with Gasteiger partial charge in [0.25, 0.3) is 0 Å². The smallest absolute Gasteiger partial charge is 0.339 e. The van der Waals surface area contributed by atoms with Gasteiger partial charge in [0.2, 0.25) is 0 Å². The third-order valence-corrected chi connectivity index (χ3v) is 2.12. The second-order valence-electron chi connectivity index (χ2n) is 3.29. The molecule has 2 aromatic rings. The van der Waals surface area contributed by atoms with Crippen LogP contribution in [-0.4, -0.2) is 22.5 Å². The summed E-state index contributed by atoms with van der Waals surface area (Å²) in [6, 6.07) is 1.56. The highest BCUT2D eigenvalue weighted by Gasteiger charge is 2.10. The average Bonchev–Trinajstić information content (AvgIpc) is 2.58. The zero-order valence-electron chi connectivity index (χ0n) is 8.52. The van der Waals surface area contributed by atoms with Gasteiger partial charge in [-0.25, -0.2) is 9.78 Å². The van der Waals surface area contributed by atoms with Crippen LogP contribution in [0.2, 0.25) is 0 Å². The van der Waals surface area contributed by atoms with Crippen molar-refractivity contribution in [1.29, 1.82) is 0 Å². The van der Waals surface area contributed by atoms with Gasteiger partial charge in [-0.05, 0) is 13.0 Å². The van der Waals surface area contributed by atoms with Crippen molar-refractivity contribution in [2.75, 3.05) is 12.8 Å². The number of pyridine rings is 1. The van der Waals surface area contributed by atoms with Crippen LogP contribution in [0.15, 0.2) is 18.5 Å². The lowest BCUT2D eigenvalue weighted by Crippen LogP contribution is -2.04. The van der Waals surface area contributed by atoms with E-state index in [-0.39, 0.29) is 0 Å². The number of fused-ring (bicyclic) bond motifs is 1. The summed E-state index contributed by atoms with van der Waals surface area (Å²) in [5.74, 6) is -0.407. The Morgan fingerprint density at radius 1 is 1.53 bits per heavy atom. The van der Waals surface area contributed by atoms with E-state index >= 15 is 0 Å². The molecule has 0 aliphatic heterocycles. The number of esters is 1. The second kappa shape index (κ2) is 3.27. The van der Waals surface area contributed by atoms with Crippen molar-refractivity contribution in [2.24, 2.45) is 0 Å². The summed E-state index contributed by atoms with van der Waals surface area (Å²) in [7, 11) is 1.34. The minimum Gasteiger partial charge on any atom is -0.465 e. The average molecular weight is 205 g/mol. The van der Waals surface area contributed by atoms with Gasteiger partial charge in [0.1, 0.15) is 0 Å². The molecule has 0 unspecified atom stereocenters. The van der Waals surface area contributed by atoms with Crippen LogP contribution in [0, 0.1) is 6.92 Å². The van der Waals surface area contributed by atoms with Gasteiger partial charge in [0.15, 0.2) is 5.65 Å². The van der Waals surface area contributed by atoms with E-state index < -0.39 is 5.97 Å². The lowest BCUT2D eigenvalue weighted by Gasteiger charge is -2.02. The molecule has 2 N–H and O–H groups in total. The molecule has 0 radical (unpaired) electrons. The number of nitrogens with two attached hydrogens (primary N) is 1. The van der Waals surface area contributed by atoms with Crippen molar-refractivity contribution >= 4 is 17.3 Å². The zero-order valence-corrected chi connectivity index (χ0v) is 8.52. The number of aromatic nitrogens is 2. The Kier molecular flexibility index (Phi) is 2.07. The first-order valence-corrected chi connectivity index (χ1v) is 4.45. The van der Waals surface area contributed by atoms with Gasteiger partial charge in [0, 0.05) is 12.4 Å². The highest BCUT2D eigenvalue weighted by Crippen LogP contribution is 2.16. The number of hydrogen-bond donors (Lipinski definition) is 1. The van der Waals surface area contributed by atoms with Crippen LogP contribution in [0.3, 0.4) is 0 Å². The Balaban J connectivity index is 2.66. The van der Waals surface area contributed by atoms with Gasteiger partial charge in [-0.15, -0.1) is 0 Å². The van der Waals surface area contributed by atoms with Gasteiger partial charge in [0.05, 0.1) is 24.1 Å². The Bertz CT molecular complexity index is 531. The molecule has 0 aliphatic rings. The first-order valence-electron chi connectivity index (χ1n) is 4.45. The Labute approximate surface area is 86.5 Å². The van der Waals surface area contributed by atoms with Crippen LogP contribution in [-0.2, 0) is 4.74 Å². The van der Waals surface area contributed by atoms with E-state index in [9.17, 15) is 4.79 Å². The van der Waals surface area contributed by atoms with Crippen LogP contribution in [0.1, 0.15) is 16.1 Å². The van der Waals surface area contributed by atoms with Gasteiger partial charge in [-0.1, -0.05) is 0 Å². The first-order chi connectivity index (χ1) is 7.11. The predicted octanol–water partition coefficient (Wildman–Crippen LogP) is 1.01. The topological polar surface area (TPSA) is 69.6 Å². The summed E-state index contributed by atoms with van der Waals surface area (Å²) in [6.07, 6.45) is 3.45. The van der Waals surface area contributed by atoms with E-state index in [0.29, 0.717) is 16.9 Å². The van der Waals surface area contributed by atoms with Crippen LogP contribution < -0.4 is 5.73 Å². The van der Waals surface area contributed by atoms with Gasteiger partial charge >= 0.3 is 5.97 Å². The van der Waals surface area contributed by atoms with Crippen LogP contribution in [0.5, 0.6) is 0 Å². The van der Waals surface area contributed by atoms with Crippen molar-refractivity contribution in [1.82, 2.24) is 9.38 Å². The molecule has 0 saturated carbocycles. The molecule has 5 nitrogen and oxygen atoms in total. The van der Waals surface area contributed by atoms with E-state index in [1.165, 1.54) is 7.11 Å². The van der Waals surface area contributed by atoms with Gasteiger partial charge in [-0.3, -0.25) is 0 Å². The second-order valence-corrected chi connectivity index (χ2v) is 3.29. The van der Waals surface area contributed by atoms with E-state index in [1.807, 2.05) is 6.92 Å². The van der Waals surface area contributed by atoms with Crippen LogP contribution >= 0.6 is 0 Å². The highest BCUT2D eigenvalue weighted by molar-refractivity contribution is 5.91. The lowest BCUT2D eigenvalue weighted by molar-refractivity contribution is 0.0600. The molecule has 78 valence electrons. The molecule has 0 aromatic carbocycles. The van der Waals surface area contributed by atoms with E-state index in [0.717, 1.165) is 5.69 Å². The lowest BCUT2D eigenvalue weighted by atomic mass is 10.2. The van der Waals surface area contributed by atoms with Gasteiger partial charge < -0.3 is 14.9 Å². The molecule has 0 saturated heterocycles. The molecule has 0 aliphatic carbocycles. The summed E-state index contributed by atoms with van der Waals surface area (Å²) >= 11 is 0. The fraction of sp³-hybridized carbons (Fsp3) is 0.200. The maximum absolute atomic E-state index is 11.3. The number of anilines is 1. The molecule has 0 amide bonds.